The number of carbonyl (C=O) groups excluding carboxylic acids is 1. The van der Waals surface area contributed by atoms with E-state index in [9.17, 15) is 14.9 Å². The maximum Gasteiger partial charge on any atom is 0.294 e. The number of fused-ring (bicyclic) bond motifs is 1. The normalized spacial score (nSPS) is 15.2. The lowest BCUT2D eigenvalue weighted by atomic mass is 10.0. The molecule has 0 aromatic heterocycles. The first-order chi connectivity index (χ1) is 9.51. The van der Waals surface area contributed by atoms with E-state index in [1.807, 2.05) is 6.92 Å². The third kappa shape index (κ3) is 3.05. The molecular formula is C13H17N3O4. The maximum absolute atomic E-state index is 11.3. The highest BCUT2D eigenvalue weighted by Crippen LogP contribution is 2.34. The molecule has 1 atom stereocenters. The number of nitro groups is 1. The van der Waals surface area contributed by atoms with E-state index in [0.29, 0.717) is 30.8 Å². The van der Waals surface area contributed by atoms with Crippen LogP contribution in [0.3, 0.4) is 0 Å². The van der Waals surface area contributed by atoms with Crippen LogP contribution >= 0.6 is 0 Å². The zero-order chi connectivity index (χ0) is 14.7. The molecule has 0 spiro atoms. The minimum atomic E-state index is -0.457. The number of nitrogens with zero attached hydrogens (tertiary/aromatic N) is 1. The van der Waals surface area contributed by atoms with Crippen LogP contribution in [0.1, 0.15) is 18.9 Å². The first-order valence-corrected chi connectivity index (χ1v) is 6.39. The Bertz CT molecular complexity index is 545. The molecule has 0 saturated carbocycles. The number of nitrogens with one attached hydrogen (secondary N) is 2. The van der Waals surface area contributed by atoms with Gasteiger partial charge in [0.2, 0.25) is 5.91 Å². The summed E-state index contributed by atoms with van der Waals surface area (Å²) in [4.78, 5) is 22.0. The predicted molar refractivity (Wildman–Crippen MR) is 75.0 cm³/mol. The molecule has 7 heteroatoms. The number of methoxy groups -OCH3 is 1. The van der Waals surface area contributed by atoms with Crippen molar-refractivity contribution in [3.63, 3.8) is 0 Å². The number of hydrogen-bond donors (Lipinski definition) is 2. The molecule has 0 aliphatic carbocycles. The molecule has 7 nitrogen and oxygen atoms in total. The molecule has 1 aromatic carbocycles. The minimum Gasteiger partial charge on any atom is -0.380 e. The number of ether oxygens (including phenoxy) is 1. The molecule has 1 amide bonds. The van der Waals surface area contributed by atoms with Crippen molar-refractivity contribution in [3.05, 3.63) is 27.8 Å². The lowest BCUT2D eigenvalue weighted by Crippen LogP contribution is -2.21. The Morgan fingerprint density at radius 1 is 1.50 bits per heavy atom. The minimum absolute atomic E-state index is 0.0470. The highest BCUT2D eigenvalue weighted by Gasteiger charge is 2.22. The predicted octanol–water partition coefficient (Wildman–Crippen LogP) is 1.93. The van der Waals surface area contributed by atoms with Crippen molar-refractivity contribution >= 4 is 23.0 Å². The van der Waals surface area contributed by atoms with Crippen LogP contribution in [0, 0.1) is 10.1 Å². The fourth-order valence-corrected chi connectivity index (χ4v) is 2.05. The number of hydrogen-bond acceptors (Lipinski definition) is 5. The molecule has 1 aromatic rings. The molecule has 1 heterocycles. The standard InChI is InChI=1S/C13H17N3O4/c1-8(20-2)7-14-11-5-9-3-4-13(17)15-10(9)6-12(11)16(18)19/h5-6,8,14H,3-4,7H2,1-2H3,(H,15,17). The second-order valence-electron chi connectivity index (χ2n) is 4.76. The summed E-state index contributed by atoms with van der Waals surface area (Å²) in [6.45, 7) is 2.35. The monoisotopic (exact) mass is 279 g/mol. The van der Waals surface area contributed by atoms with E-state index in [0.717, 1.165) is 5.56 Å². The lowest BCUT2D eigenvalue weighted by molar-refractivity contribution is -0.383. The van der Waals surface area contributed by atoms with Crippen molar-refractivity contribution in [2.24, 2.45) is 0 Å². The van der Waals surface area contributed by atoms with Crippen LogP contribution in [-0.2, 0) is 16.0 Å². The molecule has 0 bridgehead atoms. The van der Waals surface area contributed by atoms with Crippen LogP contribution in [0.25, 0.3) is 0 Å². The van der Waals surface area contributed by atoms with Gasteiger partial charge in [-0.15, -0.1) is 0 Å². The number of benzene rings is 1. The van der Waals surface area contributed by atoms with Crippen LogP contribution in [0.5, 0.6) is 0 Å². The number of aryl methyl sites for hydroxylation is 1. The van der Waals surface area contributed by atoms with Gasteiger partial charge in [-0.25, -0.2) is 0 Å². The average Bonchev–Trinajstić information content (AvgIpc) is 2.43. The van der Waals surface area contributed by atoms with Gasteiger partial charge in [-0.05, 0) is 25.0 Å². The summed E-state index contributed by atoms with van der Waals surface area (Å²) in [5, 5.41) is 16.8. The van der Waals surface area contributed by atoms with Gasteiger partial charge in [-0.1, -0.05) is 0 Å². The molecule has 0 radical (unpaired) electrons. The number of rotatable bonds is 5. The van der Waals surface area contributed by atoms with Crippen LogP contribution in [0.4, 0.5) is 17.1 Å². The fraction of sp³-hybridized carbons (Fsp3) is 0.462. The Labute approximate surface area is 116 Å². The largest absolute Gasteiger partial charge is 0.380 e. The Kier molecular flexibility index (Phi) is 4.19. The van der Waals surface area contributed by atoms with E-state index >= 15 is 0 Å². The van der Waals surface area contributed by atoms with Crippen LogP contribution in [0.15, 0.2) is 12.1 Å². The Hall–Kier alpha value is -2.15. The molecule has 20 heavy (non-hydrogen) atoms. The molecule has 108 valence electrons. The summed E-state index contributed by atoms with van der Waals surface area (Å²) in [5.74, 6) is -0.111. The zero-order valence-corrected chi connectivity index (χ0v) is 11.4. The van der Waals surface area contributed by atoms with Gasteiger partial charge in [0.1, 0.15) is 5.69 Å². The van der Waals surface area contributed by atoms with Gasteiger partial charge < -0.3 is 15.4 Å². The third-order valence-electron chi connectivity index (χ3n) is 3.30. The van der Waals surface area contributed by atoms with E-state index in [4.69, 9.17) is 4.74 Å². The summed E-state index contributed by atoms with van der Waals surface area (Å²) in [6.07, 6.45) is 0.942. The van der Waals surface area contributed by atoms with Crippen molar-refractivity contribution in [1.29, 1.82) is 0 Å². The Morgan fingerprint density at radius 2 is 2.25 bits per heavy atom. The highest BCUT2D eigenvalue weighted by atomic mass is 16.6. The highest BCUT2D eigenvalue weighted by molar-refractivity contribution is 5.95. The van der Waals surface area contributed by atoms with E-state index in [1.165, 1.54) is 6.07 Å². The van der Waals surface area contributed by atoms with Crippen molar-refractivity contribution in [1.82, 2.24) is 0 Å². The summed E-state index contributed by atoms with van der Waals surface area (Å²) in [6, 6.07) is 3.14. The van der Waals surface area contributed by atoms with E-state index in [1.54, 1.807) is 13.2 Å². The summed E-state index contributed by atoms with van der Waals surface area (Å²) >= 11 is 0. The van der Waals surface area contributed by atoms with Gasteiger partial charge in [0.15, 0.2) is 0 Å². The summed E-state index contributed by atoms with van der Waals surface area (Å²) < 4.78 is 5.11. The molecule has 0 saturated heterocycles. The van der Waals surface area contributed by atoms with Gasteiger partial charge >= 0.3 is 0 Å². The maximum atomic E-state index is 11.3. The number of amides is 1. The number of carbonyl (C=O) groups is 1. The fourth-order valence-electron chi connectivity index (χ4n) is 2.05. The molecule has 1 aliphatic rings. The topological polar surface area (TPSA) is 93.5 Å². The smallest absolute Gasteiger partial charge is 0.294 e. The molecular weight excluding hydrogens is 262 g/mol. The van der Waals surface area contributed by atoms with Gasteiger partial charge in [-0.2, -0.15) is 0 Å². The van der Waals surface area contributed by atoms with Crippen LogP contribution in [0.2, 0.25) is 0 Å². The molecule has 2 N–H and O–H groups in total. The molecule has 1 unspecified atom stereocenters. The Morgan fingerprint density at radius 3 is 2.90 bits per heavy atom. The van der Waals surface area contributed by atoms with Crippen LogP contribution < -0.4 is 10.6 Å². The second kappa shape index (κ2) is 5.87. The third-order valence-corrected chi connectivity index (χ3v) is 3.30. The van der Waals surface area contributed by atoms with Gasteiger partial charge in [0, 0.05) is 26.1 Å². The van der Waals surface area contributed by atoms with Gasteiger partial charge in [0.05, 0.1) is 16.7 Å². The van der Waals surface area contributed by atoms with Gasteiger partial charge in [-0.3, -0.25) is 14.9 Å². The van der Waals surface area contributed by atoms with Crippen molar-refractivity contribution < 1.29 is 14.5 Å². The van der Waals surface area contributed by atoms with Crippen LogP contribution in [-0.4, -0.2) is 30.6 Å². The van der Waals surface area contributed by atoms with E-state index in [-0.39, 0.29) is 17.7 Å². The first kappa shape index (κ1) is 14.3. The number of anilines is 2. The zero-order valence-electron chi connectivity index (χ0n) is 11.4. The molecule has 2 rings (SSSR count). The van der Waals surface area contributed by atoms with Crippen molar-refractivity contribution in [3.8, 4) is 0 Å². The molecule has 0 fully saturated rings. The second-order valence-corrected chi connectivity index (χ2v) is 4.76. The summed E-state index contributed by atoms with van der Waals surface area (Å²) in [5.41, 5.74) is 1.84. The van der Waals surface area contributed by atoms with E-state index < -0.39 is 4.92 Å². The first-order valence-electron chi connectivity index (χ1n) is 6.39. The molecule has 1 aliphatic heterocycles. The quantitative estimate of drug-likeness (QED) is 0.634. The number of nitro benzene ring substituents is 1. The SMILES string of the molecule is COC(C)CNc1cc2c(cc1[N+](=O)[O-])NC(=O)CC2. The van der Waals surface area contributed by atoms with E-state index in [2.05, 4.69) is 10.6 Å². The van der Waals surface area contributed by atoms with Crippen molar-refractivity contribution in [2.45, 2.75) is 25.9 Å². The van der Waals surface area contributed by atoms with Gasteiger partial charge in [0.25, 0.3) is 5.69 Å². The Balaban J connectivity index is 2.30. The van der Waals surface area contributed by atoms with Crippen molar-refractivity contribution in [2.75, 3.05) is 24.3 Å². The summed E-state index contributed by atoms with van der Waals surface area (Å²) in [7, 11) is 1.59. The average molecular weight is 279 g/mol. The lowest BCUT2D eigenvalue weighted by Gasteiger charge is -2.19.